The molecule has 0 aliphatic carbocycles. The summed E-state index contributed by atoms with van der Waals surface area (Å²) in [4.78, 5) is 11.8. The molecule has 16 heavy (non-hydrogen) atoms. The van der Waals surface area contributed by atoms with Gasteiger partial charge in [0.2, 0.25) is 5.95 Å². The Hall–Kier alpha value is -2.43. The van der Waals surface area contributed by atoms with Gasteiger partial charge in [-0.15, -0.1) is 0 Å². The molecule has 2 N–H and O–H groups in total. The Labute approximate surface area is 91.8 Å². The second-order valence-corrected chi connectivity index (χ2v) is 3.06. The van der Waals surface area contributed by atoms with Gasteiger partial charge in [0.25, 0.3) is 0 Å². The lowest BCUT2D eigenvalue weighted by molar-refractivity contribution is 0.403. The first-order valence-corrected chi connectivity index (χ1v) is 4.59. The zero-order valence-electron chi connectivity index (χ0n) is 8.28. The highest BCUT2D eigenvalue weighted by Crippen LogP contribution is 2.24. The van der Waals surface area contributed by atoms with Crippen LogP contribution in [0.3, 0.4) is 0 Å². The Morgan fingerprint density at radius 1 is 1.06 bits per heavy atom. The van der Waals surface area contributed by atoms with Gasteiger partial charge in [0.15, 0.2) is 11.5 Å². The zero-order valence-corrected chi connectivity index (χ0v) is 8.28. The molecule has 1 aromatic heterocycles. The Balaban J connectivity index is 2.21. The van der Waals surface area contributed by atoms with Gasteiger partial charge in [-0.2, -0.15) is 0 Å². The van der Waals surface area contributed by atoms with E-state index in [-0.39, 0.29) is 11.5 Å². The molecule has 0 fully saturated rings. The molecule has 0 bridgehead atoms. The highest BCUT2D eigenvalue weighted by molar-refractivity contribution is 5.82. The maximum Gasteiger partial charge on any atom is 0.249 e. The number of hydrogen-bond acceptors (Lipinski definition) is 5. The molecule has 0 aliphatic rings. The van der Waals surface area contributed by atoms with Crippen LogP contribution < -0.4 is 0 Å². The van der Waals surface area contributed by atoms with Gasteiger partial charge in [0.1, 0.15) is 0 Å². The molecule has 2 aromatic rings. The molecule has 0 unspecified atom stereocenters. The van der Waals surface area contributed by atoms with Gasteiger partial charge in [-0.25, -0.2) is 15.0 Å². The number of hydrogen-bond donors (Lipinski definition) is 2. The van der Waals surface area contributed by atoms with Gasteiger partial charge in [0, 0.05) is 18.6 Å². The first-order valence-electron chi connectivity index (χ1n) is 4.59. The Kier molecular flexibility index (Phi) is 2.77. The minimum Gasteiger partial charge on any atom is -0.504 e. The van der Waals surface area contributed by atoms with E-state index in [1.165, 1.54) is 18.3 Å². The van der Waals surface area contributed by atoms with Crippen LogP contribution in [0.25, 0.3) is 0 Å². The highest BCUT2D eigenvalue weighted by Gasteiger charge is 1.98. The first-order chi connectivity index (χ1) is 7.75. The lowest BCUT2D eigenvalue weighted by Gasteiger charge is -1.97. The molecule has 0 radical (unpaired) electrons. The summed E-state index contributed by atoms with van der Waals surface area (Å²) in [5.74, 6) is 0.00102. The second-order valence-electron chi connectivity index (χ2n) is 3.06. The Morgan fingerprint density at radius 3 is 2.50 bits per heavy atom. The van der Waals surface area contributed by atoms with Crippen molar-refractivity contribution in [1.29, 1.82) is 0 Å². The van der Waals surface area contributed by atoms with Crippen molar-refractivity contribution in [2.45, 2.75) is 0 Å². The first kappa shape index (κ1) is 10.1. The van der Waals surface area contributed by atoms with Gasteiger partial charge >= 0.3 is 0 Å². The maximum absolute atomic E-state index is 9.25. The number of aromatic nitrogens is 2. The van der Waals surface area contributed by atoms with Crippen LogP contribution in [-0.2, 0) is 0 Å². The topological polar surface area (TPSA) is 78.6 Å². The summed E-state index contributed by atoms with van der Waals surface area (Å²) in [7, 11) is 0. The molecule has 0 atom stereocenters. The molecule has 80 valence electrons. The summed E-state index contributed by atoms with van der Waals surface area (Å²) in [6, 6.07) is 6.12. The minimum atomic E-state index is -0.182. The molecule has 2 rings (SSSR count). The summed E-state index contributed by atoms with van der Waals surface area (Å²) in [5.41, 5.74) is 0.655. The quantitative estimate of drug-likeness (QED) is 0.589. The van der Waals surface area contributed by atoms with Crippen molar-refractivity contribution in [3.8, 4) is 11.5 Å². The monoisotopic (exact) mass is 215 g/mol. The maximum atomic E-state index is 9.25. The summed E-state index contributed by atoms with van der Waals surface area (Å²) >= 11 is 0. The van der Waals surface area contributed by atoms with E-state index in [4.69, 9.17) is 5.11 Å². The molecular weight excluding hydrogens is 206 g/mol. The van der Waals surface area contributed by atoms with E-state index in [2.05, 4.69) is 15.0 Å². The van der Waals surface area contributed by atoms with Crippen molar-refractivity contribution in [1.82, 2.24) is 9.97 Å². The number of nitrogens with zero attached hydrogens (tertiary/aromatic N) is 3. The SMILES string of the molecule is Oc1ccc(/C=N/c2ncccn2)cc1O. The van der Waals surface area contributed by atoms with E-state index in [0.29, 0.717) is 11.5 Å². The smallest absolute Gasteiger partial charge is 0.249 e. The van der Waals surface area contributed by atoms with Gasteiger partial charge in [-0.05, 0) is 29.8 Å². The number of phenols is 2. The third kappa shape index (κ3) is 2.33. The molecule has 0 saturated carbocycles. The van der Waals surface area contributed by atoms with Crippen LogP contribution in [0.15, 0.2) is 41.7 Å². The standard InChI is InChI=1S/C11H9N3O2/c15-9-3-2-8(6-10(9)16)7-14-11-12-4-1-5-13-11/h1-7,15-16H/b14-7+. The summed E-state index contributed by atoms with van der Waals surface area (Å²) in [5, 5.41) is 18.4. The average Bonchev–Trinajstić information content (AvgIpc) is 2.32. The number of phenolic OH excluding ortho intramolecular Hbond substituents is 2. The molecule has 5 nitrogen and oxygen atoms in total. The van der Waals surface area contributed by atoms with Crippen molar-refractivity contribution in [2.75, 3.05) is 0 Å². The summed E-state index contributed by atoms with van der Waals surface area (Å²) < 4.78 is 0. The van der Waals surface area contributed by atoms with Gasteiger partial charge in [-0.1, -0.05) is 0 Å². The van der Waals surface area contributed by atoms with E-state index < -0.39 is 0 Å². The van der Waals surface area contributed by atoms with E-state index in [1.54, 1.807) is 24.5 Å². The highest BCUT2D eigenvalue weighted by atomic mass is 16.3. The lowest BCUT2D eigenvalue weighted by atomic mass is 10.2. The summed E-state index contributed by atoms with van der Waals surface area (Å²) in [6.45, 7) is 0. The normalized spacial score (nSPS) is 10.8. The number of aliphatic imine (C=N–C) groups is 1. The zero-order chi connectivity index (χ0) is 11.4. The van der Waals surface area contributed by atoms with Crippen LogP contribution in [0.2, 0.25) is 0 Å². The summed E-state index contributed by atoms with van der Waals surface area (Å²) in [6.07, 6.45) is 4.69. The van der Waals surface area contributed by atoms with Crippen LogP contribution in [0.1, 0.15) is 5.56 Å². The minimum absolute atomic E-state index is 0.159. The van der Waals surface area contributed by atoms with E-state index in [1.807, 2.05) is 0 Å². The molecule has 0 amide bonds. The van der Waals surface area contributed by atoms with Gasteiger partial charge in [-0.3, -0.25) is 0 Å². The fourth-order valence-electron chi connectivity index (χ4n) is 1.11. The lowest BCUT2D eigenvalue weighted by Crippen LogP contribution is -1.82. The molecule has 0 aliphatic heterocycles. The molecule has 0 saturated heterocycles. The fourth-order valence-corrected chi connectivity index (χ4v) is 1.11. The third-order valence-corrected chi connectivity index (χ3v) is 1.88. The predicted octanol–water partition coefficient (Wildman–Crippen LogP) is 1.64. The average molecular weight is 215 g/mol. The van der Waals surface area contributed by atoms with Crippen molar-refractivity contribution in [3.05, 3.63) is 42.2 Å². The van der Waals surface area contributed by atoms with Crippen LogP contribution in [0, 0.1) is 0 Å². The van der Waals surface area contributed by atoms with Gasteiger partial charge < -0.3 is 10.2 Å². The molecule has 5 heteroatoms. The van der Waals surface area contributed by atoms with Crippen LogP contribution >= 0.6 is 0 Å². The number of rotatable bonds is 2. The Morgan fingerprint density at radius 2 is 1.81 bits per heavy atom. The number of aromatic hydroxyl groups is 2. The Bertz CT molecular complexity index is 512. The molecule has 1 aromatic carbocycles. The predicted molar refractivity (Wildman–Crippen MR) is 59.1 cm³/mol. The third-order valence-electron chi connectivity index (χ3n) is 1.88. The van der Waals surface area contributed by atoms with Crippen molar-refractivity contribution in [2.24, 2.45) is 4.99 Å². The van der Waals surface area contributed by atoms with Crippen molar-refractivity contribution in [3.63, 3.8) is 0 Å². The van der Waals surface area contributed by atoms with Gasteiger partial charge in [0.05, 0.1) is 0 Å². The van der Waals surface area contributed by atoms with Crippen molar-refractivity contribution >= 4 is 12.2 Å². The van der Waals surface area contributed by atoms with Crippen LogP contribution in [0.5, 0.6) is 11.5 Å². The number of benzene rings is 1. The molecule has 0 spiro atoms. The van der Waals surface area contributed by atoms with E-state index in [9.17, 15) is 5.11 Å². The molecular formula is C11H9N3O2. The molecule has 1 heterocycles. The second kappa shape index (κ2) is 4.39. The fraction of sp³-hybridized carbons (Fsp3) is 0. The van der Waals surface area contributed by atoms with Crippen molar-refractivity contribution < 1.29 is 10.2 Å². The largest absolute Gasteiger partial charge is 0.504 e. The van der Waals surface area contributed by atoms with Crippen LogP contribution in [0.4, 0.5) is 5.95 Å². The van der Waals surface area contributed by atoms with E-state index in [0.717, 1.165) is 0 Å². The van der Waals surface area contributed by atoms with Crippen LogP contribution in [-0.4, -0.2) is 26.4 Å². The van der Waals surface area contributed by atoms with E-state index >= 15 is 0 Å².